The van der Waals surface area contributed by atoms with Gasteiger partial charge in [0.1, 0.15) is 5.52 Å². The largest absolute Gasteiger partial charge is 0.466 e. The van der Waals surface area contributed by atoms with Crippen LogP contribution in [0.15, 0.2) is 53.6 Å². The number of aryl methyl sites for hydroxylation is 2. The lowest BCUT2D eigenvalue weighted by atomic mass is 10.1. The lowest BCUT2D eigenvalue weighted by molar-refractivity contribution is -0.144. The average molecular weight is 338 g/mol. The SMILES string of the molecule is O=C(CCn1nnc2ccccc2c1=O)OCCCc1ccncc1. The molecule has 3 rings (SSSR count). The summed E-state index contributed by atoms with van der Waals surface area (Å²) in [7, 11) is 0. The van der Waals surface area contributed by atoms with Gasteiger partial charge in [0.05, 0.1) is 25.0 Å². The van der Waals surface area contributed by atoms with Crippen LogP contribution in [0.2, 0.25) is 0 Å². The Labute approximate surface area is 144 Å². The fraction of sp³-hybridized carbons (Fsp3) is 0.278. The number of esters is 1. The van der Waals surface area contributed by atoms with E-state index in [1.807, 2.05) is 12.1 Å². The van der Waals surface area contributed by atoms with Gasteiger partial charge >= 0.3 is 5.97 Å². The minimum atomic E-state index is -0.350. The number of benzene rings is 1. The summed E-state index contributed by atoms with van der Waals surface area (Å²) in [5.74, 6) is -0.350. The molecule has 0 bridgehead atoms. The molecular formula is C18H18N4O3. The second-order valence-corrected chi connectivity index (χ2v) is 5.56. The summed E-state index contributed by atoms with van der Waals surface area (Å²) in [6.45, 7) is 0.499. The van der Waals surface area contributed by atoms with Crippen LogP contribution in [0.25, 0.3) is 10.9 Å². The Morgan fingerprint density at radius 3 is 2.76 bits per heavy atom. The number of rotatable bonds is 7. The molecule has 3 aromatic rings. The van der Waals surface area contributed by atoms with E-state index < -0.39 is 0 Å². The minimum absolute atomic E-state index is 0.0855. The summed E-state index contributed by atoms with van der Waals surface area (Å²) in [4.78, 5) is 28.0. The standard InChI is InChI=1S/C18H18N4O3/c23-17(25-13-3-4-14-7-10-19-11-8-14)9-12-22-18(24)15-5-1-2-6-16(15)20-21-22/h1-2,5-8,10-11H,3-4,9,12-13H2. The van der Waals surface area contributed by atoms with E-state index in [0.717, 1.165) is 18.4 Å². The van der Waals surface area contributed by atoms with E-state index in [2.05, 4.69) is 15.3 Å². The first-order valence-electron chi connectivity index (χ1n) is 8.11. The monoisotopic (exact) mass is 338 g/mol. The molecule has 0 aliphatic heterocycles. The Balaban J connectivity index is 1.46. The minimum Gasteiger partial charge on any atom is -0.466 e. The number of nitrogens with zero attached hydrogens (tertiary/aromatic N) is 4. The van der Waals surface area contributed by atoms with Crippen molar-refractivity contribution in [2.75, 3.05) is 6.61 Å². The van der Waals surface area contributed by atoms with E-state index in [0.29, 0.717) is 17.5 Å². The Morgan fingerprint density at radius 1 is 1.12 bits per heavy atom. The summed E-state index contributed by atoms with van der Waals surface area (Å²) in [6.07, 6.45) is 5.13. The number of fused-ring (bicyclic) bond motifs is 1. The third-order valence-electron chi connectivity index (χ3n) is 3.78. The van der Waals surface area contributed by atoms with Crippen molar-refractivity contribution in [1.82, 2.24) is 20.0 Å². The van der Waals surface area contributed by atoms with Gasteiger partial charge in [0.2, 0.25) is 0 Å². The van der Waals surface area contributed by atoms with Crippen LogP contribution in [-0.4, -0.2) is 32.6 Å². The number of carbonyl (C=O) groups is 1. The summed E-state index contributed by atoms with van der Waals surface area (Å²) in [5.41, 5.74) is 1.45. The summed E-state index contributed by atoms with van der Waals surface area (Å²) in [5, 5.41) is 8.33. The summed E-state index contributed by atoms with van der Waals surface area (Å²) in [6, 6.07) is 10.9. The zero-order valence-corrected chi connectivity index (χ0v) is 13.7. The highest BCUT2D eigenvalue weighted by molar-refractivity contribution is 5.76. The van der Waals surface area contributed by atoms with E-state index >= 15 is 0 Å². The zero-order valence-electron chi connectivity index (χ0n) is 13.7. The van der Waals surface area contributed by atoms with Gasteiger partial charge in [-0.3, -0.25) is 14.6 Å². The molecule has 0 unspecified atom stereocenters. The summed E-state index contributed by atoms with van der Waals surface area (Å²) >= 11 is 0. The predicted molar refractivity (Wildman–Crippen MR) is 91.9 cm³/mol. The van der Waals surface area contributed by atoms with Gasteiger partial charge in [0.25, 0.3) is 5.56 Å². The van der Waals surface area contributed by atoms with Crippen LogP contribution in [-0.2, 0) is 22.5 Å². The highest BCUT2D eigenvalue weighted by atomic mass is 16.5. The lowest BCUT2D eigenvalue weighted by Crippen LogP contribution is -2.25. The van der Waals surface area contributed by atoms with E-state index in [1.165, 1.54) is 4.68 Å². The van der Waals surface area contributed by atoms with Crippen LogP contribution in [0, 0.1) is 0 Å². The highest BCUT2D eigenvalue weighted by Gasteiger charge is 2.08. The Hall–Kier alpha value is -3.09. The molecule has 0 spiro atoms. The second-order valence-electron chi connectivity index (χ2n) is 5.56. The van der Waals surface area contributed by atoms with Gasteiger partial charge < -0.3 is 4.74 Å². The normalized spacial score (nSPS) is 10.7. The van der Waals surface area contributed by atoms with Crippen LogP contribution in [0.5, 0.6) is 0 Å². The molecule has 25 heavy (non-hydrogen) atoms. The van der Waals surface area contributed by atoms with E-state index in [1.54, 1.807) is 36.7 Å². The molecule has 0 aliphatic carbocycles. The quantitative estimate of drug-likeness (QED) is 0.482. The molecule has 0 saturated carbocycles. The number of hydrogen-bond donors (Lipinski definition) is 0. The lowest BCUT2D eigenvalue weighted by Gasteiger charge is -2.06. The van der Waals surface area contributed by atoms with Gasteiger partial charge in [-0.15, -0.1) is 5.10 Å². The molecule has 2 heterocycles. The Kier molecular flexibility index (Phi) is 5.46. The van der Waals surface area contributed by atoms with Crippen LogP contribution < -0.4 is 5.56 Å². The first-order valence-corrected chi connectivity index (χ1v) is 8.11. The van der Waals surface area contributed by atoms with Crippen LogP contribution >= 0.6 is 0 Å². The van der Waals surface area contributed by atoms with Crippen molar-refractivity contribution in [2.45, 2.75) is 25.8 Å². The molecule has 7 nitrogen and oxygen atoms in total. The van der Waals surface area contributed by atoms with Gasteiger partial charge in [0, 0.05) is 12.4 Å². The van der Waals surface area contributed by atoms with Crippen molar-refractivity contribution < 1.29 is 9.53 Å². The molecule has 7 heteroatoms. The van der Waals surface area contributed by atoms with Gasteiger partial charge in [-0.2, -0.15) is 0 Å². The van der Waals surface area contributed by atoms with E-state index in [9.17, 15) is 9.59 Å². The maximum absolute atomic E-state index is 12.3. The molecular weight excluding hydrogens is 320 g/mol. The predicted octanol–water partition coefficient (Wildman–Crippen LogP) is 1.75. The molecule has 2 aromatic heterocycles. The first kappa shape index (κ1) is 16.8. The van der Waals surface area contributed by atoms with Crippen LogP contribution in [0.1, 0.15) is 18.4 Å². The van der Waals surface area contributed by atoms with Crippen molar-refractivity contribution in [2.24, 2.45) is 0 Å². The average Bonchev–Trinajstić information content (AvgIpc) is 2.66. The maximum atomic E-state index is 12.3. The van der Waals surface area contributed by atoms with Gasteiger partial charge in [0.15, 0.2) is 0 Å². The first-order chi connectivity index (χ1) is 12.2. The molecule has 1 aromatic carbocycles. The molecule has 0 N–H and O–H groups in total. The molecule has 0 fully saturated rings. The van der Waals surface area contributed by atoms with E-state index in [4.69, 9.17) is 4.74 Å². The molecule has 128 valence electrons. The third-order valence-corrected chi connectivity index (χ3v) is 3.78. The van der Waals surface area contributed by atoms with Gasteiger partial charge in [-0.25, -0.2) is 4.68 Å². The van der Waals surface area contributed by atoms with Crippen molar-refractivity contribution in [1.29, 1.82) is 0 Å². The Morgan fingerprint density at radius 2 is 1.92 bits per heavy atom. The van der Waals surface area contributed by atoms with Crippen molar-refractivity contribution >= 4 is 16.9 Å². The number of ether oxygens (including phenoxy) is 1. The van der Waals surface area contributed by atoms with Crippen LogP contribution in [0.4, 0.5) is 0 Å². The Bertz CT molecular complexity index is 909. The molecule has 0 aliphatic rings. The number of aromatic nitrogens is 4. The maximum Gasteiger partial charge on any atom is 0.307 e. The number of hydrogen-bond acceptors (Lipinski definition) is 6. The van der Waals surface area contributed by atoms with Crippen LogP contribution in [0.3, 0.4) is 0 Å². The van der Waals surface area contributed by atoms with Crippen molar-refractivity contribution in [3.8, 4) is 0 Å². The molecule has 0 atom stereocenters. The van der Waals surface area contributed by atoms with E-state index in [-0.39, 0.29) is 24.5 Å². The fourth-order valence-electron chi connectivity index (χ4n) is 2.45. The van der Waals surface area contributed by atoms with Crippen molar-refractivity contribution in [3.63, 3.8) is 0 Å². The highest BCUT2D eigenvalue weighted by Crippen LogP contribution is 2.04. The third kappa shape index (κ3) is 4.47. The zero-order chi connectivity index (χ0) is 17.5. The number of carbonyl (C=O) groups excluding carboxylic acids is 1. The van der Waals surface area contributed by atoms with Gasteiger partial charge in [-0.05, 0) is 42.7 Å². The smallest absolute Gasteiger partial charge is 0.307 e. The molecule has 0 amide bonds. The second kappa shape index (κ2) is 8.14. The number of pyridine rings is 1. The van der Waals surface area contributed by atoms with Gasteiger partial charge in [-0.1, -0.05) is 17.3 Å². The molecule has 0 saturated heterocycles. The van der Waals surface area contributed by atoms with Crippen molar-refractivity contribution in [3.05, 3.63) is 64.7 Å². The molecule has 0 radical (unpaired) electrons. The fourth-order valence-corrected chi connectivity index (χ4v) is 2.45. The topological polar surface area (TPSA) is 87.0 Å². The summed E-state index contributed by atoms with van der Waals surface area (Å²) < 4.78 is 6.39.